The molecule has 0 fully saturated rings. The molecule has 0 bridgehead atoms. The maximum atomic E-state index is 11.3. The summed E-state index contributed by atoms with van der Waals surface area (Å²) in [6.07, 6.45) is 3.15. The molecule has 2 rings (SSSR count). The topological polar surface area (TPSA) is 81.5 Å². The van der Waals surface area contributed by atoms with E-state index in [0.717, 1.165) is 18.5 Å². The van der Waals surface area contributed by atoms with Crippen molar-refractivity contribution in [1.82, 2.24) is 9.97 Å². The van der Waals surface area contributed by atoms with Crippen molar-refractivity contribution in [3.05, 3.63) is 41.9 Å². The first-order valence-corrected chi connectivity index (χ1v) is 6.54. The van der Waals surface area contributed by atoms with E-state index in [1.807, 2.05) is 6.92 Å². The smallest absolute Gasteiger partial charge is 0.339 e. The Balaban J connectivity index is 2.38. The second-order valence-electron chi connectivity index (χ2n) is 4.34. The summed E-state index contributed by atoms with van der Waals surface area (Å²) >= 11 is 0. The first-order chi connectivity index (χ1) is 10.2. The van der Waals surface area contributed by atoms with Crippen LogP contribution >= 0.6 is 0 Å². The Labute approximate surface area is 122 Å². The van der Waals surface area contributed by atoms with Crippen LogP contribution in [0.15, 0.2) is 30.6 Å². The van der Waals surface area contributed by atoms with Crippen LogP contribution in [-0.4, -0.2) is 28.2 Å². The summed E-state index contributed by atoms with van der Waals surface area (Å²) in [5.41, 5.74) is 0.860. The molecule has 0 unspecified atom stereocenters. The Bertz CT molecular complexity index is 643. The molecule has 6 heteroatoms. The first-order valence-electron chi connectivity index (χ1n) is 6.54. The monoisotopic (exact) mass is 288 g/mol. The third kappa shape index (κ3) is 3.47. The zero-order valence-corrected chi connectivity index (χ0v) is 11.9. The van der Waals surface area contributed by atoms with Crippen molar-refractivity contribution in [3.8, 4) is 17.4 Å². The van der Waals surface area contributed by atoms with Gasteiger partial charge in [0.05, 0.1) is 7.11 Å². The van der Waals surface area contributed by atoms with Gasteiger partial charge in [-0.2, -0.15) is 0 Å². The van der Waals surface area contributed by atoms with Gasteiger partial charge in [0.1, 0.15) is 11.9 Å². The van der Waals surface area contributed by atoms with Gasteiger partial charge in [-0.15, -0.1) is 0 Å². The Hall–Kier alpha value is -2.63. The molecule has 0 aliphatic rings. The van der Waals surface area contributed by atoms with Crippen LogP contribution in [0, 0.1) is 0 Å². The Kier molecular flexibility index (Phi) is 4.71. The van der Waals surface area contributed by atoms with Crippen LogP contribution in [0.1, 0.15) is 29.4 Å². The molecule has 110 valence electrons. The summed E-state index contributed by atoms with van der Waals surface area (Å²) < 4.78 is 10.8. The summed E-state index contributed by atoms with van der Waals surface area (Å²) in [6, 6.07) is 6.38. The highest BCUT2D eigenvalue weighted by molar-refractivity contribution is 5.92. The third-order valence-electron chi connectivity index (χ3n) is 2.84. The Morgan fingerprint density at radius 2 is 2.14 bits per heavy atom. The highest BCUT2D eigenvalue weighted by Gasteiger charge is 2.17. The molecule has 1 aromatic heterocycles. The molecule has 0 radical (unpaired) electrons. The van der Waals surface area contributed by atoms with E-state index in [0.29, 0.717) is 11.6 Å². The van der Waals surface area contributed by atoms with E-state index in [1.54, 1.807) is 18.2 Å². The van der Waals surface area contributed by atoms with Gasteiger partial charge in [-0.1, -0.05) is 19.4 Å². The first kappa shape index (κ1) is 14.8. The second-order valence-corrected chi connectivity index (χ2v) is 4.34. The van der Waals surface area contributed by atoms with Crippen LogP contribution in [0.5, 0.6) is 17.4 Å². The predicted octanol–water partition coefficient (Wildman–Crippen LogP) is 2.93. The molecule has 0 amide bonds. The Morgan fingerprint density at radius 1 is 1.33 bits per heavy atom. The average Bonchev–Trinajstić information content (AvgIpc) is 2.48. The number of methoxy groups -OCH3 is 1. The summed E-state index contributed by atoms with van der Waals surface area (Å²) in [4.78, 5) is 19.4. The SMILES string of the molecule is CCCc1cc(Oc2c(OC)cccc2C(=O)O)ncn1. The number of ether oxygens (including phenoxy) is 2. The highest BCUT2D eigenvalue weighted by atomic mass is 16.5. The van der Waals surface area contributed by atoms with Gasteiger partial charge in [0.25, 0.3) is 0 Å². The maximum Gasteiger partial charge on any atom is 0.339 e. The number of benzene rings is 1. The minimum Gasteiger partial charge on any atom is -0.493 e. The lowest BCUT2D eigenvalue weighted by Gasteiger charge is -2.12. The minimum atomic E-state index is -1.09. The molecule has 0 spiro atoms. The molecule has 1 N–H and O–H groups in total. The summed E-state index contributed by atoms with van der Waals surface area (Å²) in [5, 5.41) is 9.23. The fraction of sp³-hybridized carbons (Fsp3) is 0.267. The number of carbonyl (C=O) groups is 1. The molecule has 6 nitrogen and oxygen atoms in total. The van der Waals surface area contributed by atoms with Crippen molar-refractivity contribution >= 4 is 5.97 Å². The van der Waals surface area contributed by atoms with Gasteiger partial charge in [0.15, 0.2) is 11.5 Å². The number of aryl methyl sites for hydroxylation is 1. The quantitative estimate of drug-likeness (QED) is 0.880. The maximum absolute atomic E-state index is 11.3. The van der Waals surface area contributed by atoms with Crippen LogP contribution in [-0.2, 0) is 6.42 Å². The number of aromatic nitrogens is 2. The van der Waals surface area contributed by atoms with E-state index in [2.05, 4.69) is 9.97 Å². The lowest BCUT2D eigenvalue weighted by molar-refractivity contribution is 0.0693. The van der Waals surface area contributed by atoms with Gasteiger partial charge in [-0.05, 0) is 18.6 Å². The summed E-state index contributed by atoms with van der Waals surface area (Å²) in [7, 11) is 1.45. The molecule has 0 atom stereocenters. The molecule has 2 aromatic rings. The van der Waals surface area contributed by atoms with Gasteiger partial charge in [0, 0.05) is 11.8 Å². The van der Waals surface area contributed by atoms with E-state index in [9.17, 15) is 9.90 Å². The van der Waals surface area contributed by atoms with Crippen molar-refractivity contribution in [2.24, 2.45) is 0 Å². The van der Waals surface area contributed by atoms with Crippen molar-refractivity contribution < 1.29 is 19.4 Å². The lowest BCUT2D eigenvalue weighted by Crippen LogP contribution is -2.03. The number of nitrogens with zero attached hydrogens (tertiary/aromatic N) is 2. The normalized spacial score (nSPS) is 10.2. The van der Waals surface area contributed by atoms with Gasteiger partial charge in [-0.3, -0.25) is 0 Å². The number of rotatable bonds is 6. The molecule has 1 aromatic carbocycles. The number of carboxylic acids is 1. The number of carboxylic acid groups (broad SMARTS) is 1. The van der Waals surface area contributed by atoms with Crippen LogP contribution in [0.4, 0.5) is 0 Å². The zero-order chi connectivity index (χ0) is 15.2. The average molecular weight is 288 g/mol. The standard InChI is InChI=1S/C15H16N2O4/c1-3-5-10-8-13(17-9-16-10)21-14-11(15(18)19)6-4-7-12(14)20-2/h4,6-9H,3,5H2,1-2H3,(H,18,19). The Morgan fingerprint density at radius 3 is 2.81 bits per heavy atom. The van der Waals surface area contributed by atoms with E-state index in [-0.39, 0.29) is 11.3 Å². The predicted molar refractivity (Wildman–Crippen MR) is 76.1 cm³/mol. The largest absolute Gasteiger partial charge is 0.493 e. The minimum absolute atomic E-state index is 0.0185. The van der Waals surface area contributed by atoms with E-state index >= 15 is 0 Å². The van der Waals surface area contributed by atoms with Gasteiger partial charge in [0.2, 0.25) is 5.88 Å². The third-order valence-corrected chi connectivity index (χ3v) is 2.84. The van der Waals surface area contributed by atoms with Crippen LogP contribution in [0.2, 0.25) is 0 Å². The van der Waals surface area contributed by atoms with Crippen LogP contribution in [0.25, 0.3) is 0 Å². The molecule has 0 aliphatic heterocycles. The number of para-hydroxylation sites is 1. The molecule has 0 saturated carbocycles. The zero-order valence-electron chi connectivity index (χ0n) is 11.9. The molecule has 1 heterocycles. The fourth-order valence-electron chi connectivity index (χ4n) is 1.88. The number of aromatic carboxylic acids is 1. The van der Waals surface area contributed by atoms with Gasteiger partial charge >= 0.3 is 5.97 Å². The van der Waals surface area contributed by atoms with Crippen molar-refractivity contribution in [3.63, 3.8) is 0 Å². The molecular weight excluding hydrogens is 272 g/mol. The van der Waals surface area contributed by atoms with E-state index in [4.69, 9.17) is 9.47 Å². The van der Waals surface area contributed by atoms with Gasteiger partial charge in [-0.25, -0.2) is 14.8 Å². The van der Waals surface area contributed by atoms with E-state index < -0.39 is 5.97 Å². The molecule has 0 saturated heterocycles. The van der Waals surface area contributed by atoms with Gasteiger partial charge < -0.3 is 14.6 Å². The fourth-order valence-corrected chi connectivity index (χ4v) is 1.88. The van der Waals surface area contributed by atoms with Crippen LogP contribution < -0.4 is 9.47 Å². The molecule has 21 heavy (non-hydrogen) atoms. The van der Waals surface area contributed by atoms with Crippen molar-refractivity contribution in [2.45, 2.75) is 19.8 Å². The molecular formula is C15H16N2O4. The number of hydrogen-bond donors (Lipinski definition) is 1. The van der Waals surface area contributed by atoms with E-state index in [1.165, 1.54) is 19.5 Å². The highest BCUT2D eigenvalue weighted by Crippen LogP contribution is 2.34. The number of hydrogen-bond acceptors (Lipinski definition) is 5. The second kappa shape index (κ2) is 6.69. The van der Waals surface area contributed by atoms with Crippen molar-refractivity contribution in [2.75, 3.05) is 7.11 Å². The molecule has 0 aliphatic carbocycles. The lowest BCUT2D eigenvalue weighted by atomic mass is 10.2. The van der Waals surface area contributed by atoms with Crippen molar-refractivity contribution in [1.29, 1.82) is 0 Å². The van der Waals surface area contributed by atoms with Crippen LogP contribution in [0.3, 0.4) is 0 Å². The summed E-state index contributed by atoms with van der Waals surface area (Å²) in [5.74, 6) is -0.327. The summed E-state index contributed by atoms with van der Waals surface area (Å²) in [6.45, 7) is 2.05.